The minimum Gasteiger partial charge on any atom is -0.329 e. The fourth-order valence-electron chi connectivity index (χ4n) is 1.47. The first kappa shape index (κ1) is 12.9. The zero-order valence-corrected chi connectivity index (χ0v) is 9.53. The Hall–Kier alpha value is -0.0800. The quantitative estimate of drug-likeness (QED) is 0.570. The van der Waals surface area contributed by atoms with Gasteiger partial charge in [-0.2, -0.15) is 0 Å². The molecule has 0 amide bonds. The molecule has 0 aromatic heterocycles. The first-order valence-corrected chi connectivity index (χ1v) is 5.53. The van der Waals surface area contributed by atoms with Crippen LogP contribution in [0.5, 0.6) is 0 Å². The van der Waals surface area contributed by atoms with E-state index in [9.17, 15) is 0 Å². The van der Waals surface area contributed by atoms with E-state index >= 15 is 0 Å². The lowest BCUT2D eigenvalue weighted by Crippen LogP contribution is -2.32. The summed E-state index contributed by atoms with van der Waals surface area (Å²) in [5.41, 5.74) is 5.85. The standard InChI is InChI=1S/C11H26N2/c1-4-5-6-7-11(2,3)10-13-9-8-12/h13H,4-10,12H2,1-3H3. The van der Waals surface area contributed by atoms with Crippen LogP contribution in [-0.2, 0) is 0 Å². The molecule has 0 heterocycles. The van der Waals surface area contributed by atoms with Crippen molar-refractivity contribution in [2.45, 2.75) is 46.5 Å². The summed E-state index contributed by atoms with van der Waals surface area (Å²) in [7, 11) is 0. The molecular formula is C11H26N2. The molecule has 0 saturated carbocycles. The van der Waals surface area contributed by atoms with Crippen LogP contribution in [0.15, 0.2) is 0 Å². The molecule has 80 valence electrons. The smallest absolute Gasteiger partial charge is 0.00747 e. The summed E-state index contributed by atoms with van der Waals surface area (Å²) in [5, 5.41) is 3.38. The Balaban J connectivity index is 3.42. The predicted molar refractivity (Wildman–Crippen MR) is 59.8 cm³/mol. The number of unbranched alkanes of at least 4 members (excludes halogenated alkanes) is 2. The molecule has 0 fully saturated rings. The van der Waals surface area contributed by atoms with E-state index < -0.39 is 0 Å². The highest BCUT2D eigenvalue weighted by Crippen LogP contribution is 2.22. The first-order valence-electron chi connectivity index (χ1n) is 5.53. The van der Waals surface area contributed by atoms with Crippen molar-refractivity contribution >= 4 is 0 Å². The normalized spacial score (nSPS) is 12.0. The highest BCUT2D eigenvalue weighted by Gasteiger charge is 2.15. The second-order valence-corrected chi connectivity index (χ2v) is 4.59. The van der Waals surface area contributed by atoms with Gasteiger partial charge < -0.3 is 11.1 Å². The fraction of sp³-hybridized carbons (Fsp3) is 1.00. The third kappa shape index (κ3) is 8.26. The van der Waals surface area contributed by atoms with Crippen LogP contribution in [0.4, 0.5) is 0 Å². The van der Waals surface area contributed by atoms with Crippen LogP contribution in [0.1, 0.15) is 46.5 Å². The molecule has 2 heteroatoms. The van der Waals surface area contributed by atoms with Gasteiger partial charge in [-0.05, 0) is 11.8 Å². The van der Waals surface area contributed by atoms with E-state index in [0.717, 1.165) is 19.6 Å². The monoisotopic (exact) mass is 186 g/mol. The third-order valence-corrected chi connectivity index (χ3v) is 2.38. The van der Waals surface area contributed by atoms with E-state index in [0.29, 0.717) is 5.41 Å². The molecule has 0 aromatic rings. The SMILES string of the molecule is CCCCCC(C)(C)CNCCN. The minimum absolute atomic E-state index is 0.435. The molecule has 0 bridgehead atoms. The Labute approximate surface area is 83.3 Å². The Kier molecular flexibility index (Phi) is 7.29. The summed E-state index contributed by atoms with van der Waals surface area (Å²) >= 11 is 0. The number of rotatable bonds is 8. The summed E-state index contributed by atoms with van der Waals surface area (Å²) in [6.45, 7) is 9.67. The van der Waals surface area contributed by atoms with E-state index in [1.807, 2.05) is 0 Å². The number of hydrogen-bond donors (Lipinski definition) is 2. The first-order chi connectivity index (χ1) is 6.12. The zero-order chi connectivity index (χ0) is 10.2. The molecule has 0 radical (unpaired) electrons. The highest BCUT2D eigenvalue weighted by molar-refractivity contribution is 4.71. The van der Waals surface area contributed by atoms with Crippen molar-refractivity contribution in [2.24, 2.45) is 11.1 Å². The van der Waals surface area contributed by atoms with Crippen molar-refractivity contribution in [3.63, 3.8) is 0 Å². The van der Waals surface area contributed by atoms with Crippen molar-refractivity contribution in [1.29, 1.82) is 0 Å². The maximum Gasteiger partial charge on any atom is 0.00747 e. The van der Waals surface area contributed by atoms with Gasteiger partial charge in [0.05, 0.1) is 0 Å². The fourth-order valence-corrected chi connectivity index (χ4v) is 1.47. The molecule has 0 atom stereocenters. The van der Waals surface area contributed by atoms with Crippen LogP contribution in [0.2, 0.25) is 0 Å². The second-order valence-electron chi connectivity index (χ2n) is 4.59. The van der Waals surface area contributed by atoms with Gasteiger partial charge in [0, 0.05) is 19.6 Å². The Morgan fingerprint density at radius 3 is 2.46 bits per heavy atom. The molecular weight excluding hydrogens is 160 g/mol. The van der Waals surface area contributed by atoms with Crippen molar-refractivity contribution in [1.82, 2.24) is 5.32 Å². The lowest BCUT2D eigenvalue weighted by atomic mass is 9.87. The lowest BCUT2D eigenvalue weighted by molar-refractivity contribution is 0.304. The summed E-state index contributed by atoms with van der Waals surface area (Å²) in [6, 6.07) is 0. The highest BCUT2D eigenvalue weighted by atomic mass is 14.9. The van der Waals surface area contributed by atoms with Gasteiger partial charge in [-0.25, -0.2) is 0 Å². The van der Waals surface area contributed by atoms with E-state index in [1.165, 1.54) is 25.7 Å². The molecule has 13 heavy (non-hydrogen) atoms. The van der Waals surface area contributed by atoms with Gasteiger partial charge in [-0.15, -0.1) is 0 Å². The van der Waals surface area contributed by atoms with Crippen molar-refractivity contribution in [3.8, 4) is 0 Å². The Bertz CT molecular complexity index is 98.7. The Morgan fingerprint density at radius 1 is 1.23 bits per heavy atom. The molecule has 0 aliphatic heterocycles. The second kappa shape index (κ2) is 7.34. The summed E-state index contributed by atoms with van der Waals surface area (Å²) in [5.74, 6) is 0. The van der Waals surface area contributed by atoms with E-state index in [4.69, 9.17) is 5.73 Å². The molecule has 3 N–H and O–H groups in total. The van der Waals surface area contributed by atoms with Crippen LogP contribution in [0.3, 0.4) is 0 Å². The van der Waals surface area contributed by atoms with Gasteiger partial charge >= 0.3 is 0 Å². The minimum atomic E-state index is 0.435. The third-order valence-electron chi connectivity index (χ3n) is 2.38. The molecule has 2 nitrogen and oxygen atoms in total. The van der Waals surface area contributed by atoms with Gasteiger partial charge in [0.25, 0.3) is 0 Å². The topological polar surface area (TPSA) is 38.0 Å². The van der Waals surface area contributed by atoms with Crippen molar-refractivity contribution in [3.05, 3.63) is 0 Å². The molecule has 0 unspecified atom stereocenters. The van der Waals surface area contributed by atoms with Crippen LogP contribution >= 0.6 is 0 Å². The summed E-state index contributed by atoms with van der Waals surface area (Å²) < 4.78 is 0. The molecule has 0 spiro atoms. The van der Waals surface area contributed by atoms with E-state index in [-0.39, 0.29) is 0 Å². The number of nitrogens with one attached hydrogen (secondary N) is 1. The molecule has 0 rings (SSSR count). The predicted octanol–water partition coefficient (Wildman–Crippen LogP) is 2.14. The van der Waals surface area contributed by atoms with Crippen molar-refractivity contribution < 1.29 is 0 Å². The maximum absolute atomic E-state index is 5.42. The van der Waals surface area contributed by atoms with Gasteiger partial charge in [-0.1, -0.05) is 40.0 Å². The Morgan fingerprint density at radius 2 is 1.92 bits per heavy atom. The van der Waals surface area contributed by atoms with Gasteiger partial charge in [0.15, 0.2) is 0 Å². The van der Waals surface area contributed by atoms with Crippen LogP contribution < -0.4 is 11.1 Å². The molecule has 0 aliphatic rings. The molecule has 0 saturated heterocycles. The van der Waals surface area contributed by atoms with E-state index in [2.05, 4.69) is 26.1 Å². The van der Waals surface area contributed by atoms with Gasteiger partial charge in [0.1, 0.15) is 0 Å². The summed E-state index contributed by atoms with van der Waals surface area (Å²) in [6.07, 6.45) is 5.35. The van der Waals surface area contributed by atoms with Gasteiger partial charge in [0.2, 0.25) is 0 Å². The van der Waals surface area contributed by atoms with E-state index in [1.54, 1.807) is 0 Å². The van der Waals surface area contributed by atoms with Crippen LogP contribution in [0, 0.1) is 5.41 Å². The summed E-state index contributed by atoms with van der Waals surface area (Å²) in [4.78, 5) is 0. The number of hydrogen-bond acceptors (Lipinski definition) is 2. The average molecular weight is 186 g/mol. The molecule has 0 aliphatic carbocycles. The maximum atomic E-state index is 5.42. The zero-order valence-electron chi connectivity index (χ0n) is 9.53. The average Bonchev–Trinajstić information content (AvgIpc) is 2.05. The number of nitrogens with two attached hydrogens (primary N) is 1. The lowest BCUT2D eigenvalue weighted by Gasteiger charge is -2.24. The van der Waals surface area contributed by atoms with Crippen molar-refractivity contribution in [2.75, 3.05) is 19.6 Å². The van der Waals surface area contributed by atoms with Crippen LogP contribution in [0.25, 0.3) is 0 Å². The van der Waals surface area contributed by atoms with Gasteiger partial charge in [-0.3, -0.25) is 0 Å². The van der Waals surface area contributed by atoms with Crippen LogP contribution in [-0.4, -0.2) is 19.6 Å². The largest absolute Gasteiger partial charge is 0.329 e. The molecule has 0 aromatic carbocycles.